The highest BCUT2D eigenvalue weighted by Gasteiger charge is 2.41. The SMILES string of the molecule is CCOCCOC(C)(/C=C/C=C(\C)C1OC(=O)CC(O[Si](CC)(CC)CC)CCC(C)(OCCOCC)C(OC(C)=O)/C=C/C1C)CC(O)C(C)C(C)C(CC)O[Si](CC)(CC)CC. The molecule has 1 rings (SSSR count). The van der Waals surface area contributed by atoms with Crippen LogP contribution in [0.3, 0.4) is 0 Å². The lowest BCUT2D eigenvalue weighted by Gasteiger charge is -2.40. The monoisotopic (exact) mass is 941 g/mol. The third-order valence-electron chi connectivity index (χ3n) is 14.3. The number of carbonyl (C=O) groups is 2. The van der Waals surface area contributed by atoms with Crippen molar-refractivity contribution in [2.45, 2.75) is 221 Å². The van der Waals surface area contributed by atoms with Crippen molar-refractivity contribution in [3.63, 3.8) is 0 Å². The molecule has 0 bridgehead atoms. The first-order valence-electron chi connectivity index (χ1n) is 25.1. The van der Waals surface area contributed by atoms with Gasteiger partial charge in [0.05, 0.1) is 50.7 Å². The van der Waals surface area contributed by atoms with Gasteiger partial charge in [0.15, 0.2) is 16.6 Å². The number of aliphatic hydroxyl groups excluding tert-OH is 1. The highest BCUT2D eigenvalue weighted by molar-refractivity contribution is 6.74. The number of hydrogen-bond acceptors (Lipinski definition) is 11. The van der Waals surface area contributed by atoms with Crippen molar-refractivity contribution in [2.24, 2.45) is 17.8 Å². The molecule has 0 fully saturated rings. The predicted molar refractivity (Wildman–Crippen MR) is 266 cm³/mol. The van der Waals surface area contributed by atoms with Gasteiger partial charge in [-0.15, -0.1) is 0 Å². The van der Waals surface area contributed by atoms with E-state index in [-0.39, 0.29) is 36.2 Å². The predicted octanol–water partition coefficient (Wildman–Crippen LogP) is 11.5. The summed E-state index contributed by atoms with van der Waals surface area (Å²) in [5.41, 5.74) is -0.908. The lowest BCUT2D eigenvalue weighted by Crippen LogP contribution is -2.47. The Hall–Kier alpha value is -1.69. The van der Waals surface area contributed by atoms with Crippen LogP contribution < -0.4 is 0 Å². The molecule has 0 aromatic carbocycles. The Labute approximate surface area is 393 Å². The molecule has 0 spiro atoms. The maximum Gasteiger partial charge on any atom is 0.308 e. The van der Waals surface area contributed by atoms with Crippen LogP contribution in [0.2, 0.25) is 36.3 Å². The summed E-state index contributed by atoms with van der Waals surface area (Å²) in [4.78, 5) is 26.6. The molecule has 1 aliphatic heterocycles. The number of carbonyl (C=O) groups excluding carboxylic acids is 2. The van der Waals surface area contributed by atoms with Gasteiger partial charge in [0.1, 0.15) is 17.8 Å². The second-order valence-corrected chi connectivity index (χ2v) is 28.1. The maximum atomic E-state index is 14.0. The quantitative estimate of drug-likeness (QED) is 0.0243. The number of esters is 2. The highest BCUT2D eigenvalue weighted by Crippen LogP contribution is 2.35. The van der Waals surface area contributed by atoms with Crippen molar-refractivity contribution in [1.82, 2.24) is 0 Å². The van der Waals surface area contributed by atoms with E-state index in [0.717, 1.165) is 48.3 Å². The van der Waals surface area contributed by atoms with Gasteiger partial charge in [0.2, 0.25) is 0 Å². The average molecular weight is 941 g/mol. The number of allylic oxidation sites excluding steroid dienone is 2. The second-order valence-electron chi connectivity index (χ2n) is 18.7. The van der Waals surface area contributed by atoms with Gasteiger partial charge in [0, 0.05) is 38.6 Å². The van der Waals surface area contributed by atoms with Crippen LogP contribution in [-0.4, -0.2) is 115 Å². The minimum atomic E-state index is -2.13. The third-order valence-corrected chi connectivity index (χ3v) is 23.7. The smallest absolute Gasteiger partial charge is 0.308 e. The van der Waals surface area contributed by atoms with Gasteiger partial charge in [0.25, 0.3) is 0 Å². The topological polar surface area (TPSA) is 128 Å². The normalized spacial score (nSPS) is 25.4. The summed E-state index contributed by atoms with van der Waals surface area (Å²) in [7, 11) is -3.97. The summed E-state index contributed by atoms with van der Waals surface area (Å²) in [6, 6.07) is 6.09. The Morgan fingerprint density at radius 1 is 0.891 bits per heavy atom. The molecule has 0 aromatic rings. The lowest BCUT2D eigenvalue weighted by atomic mass is 9.81. The highest BCUT2D eigenvalue weighted by atomic mass is 28.4. The summed E-state index contributed by atoms with van der Waals surface area (Å²) < 4.78 is 50.6. The molecule has 0 amide bonds. The van der Waals surface area contributed by atoms with E-state index in [1.54, 1.807) is 0 Å². The Kier molecular flexibility index (Phi) is 28.9. The number of aliphatic hydroxyl groups is 1. The molecule has 374 valence electrons. The Bertz CT molecular complexity index is 1380. The molecule has 1 N–H and O–H groups in total. The van der Waals surface area contributed by atoms with E-state index in [1.807, 2.05) is 71.9 Å². The van der Waals surface area contributed by atoms with E-state index >= 15 is 0 Å². The van der Waals surface area contributed by atoms with Crippen LogP contribution in [0.4, 0.5) is 0 Å². The van der Waals surface area contributed by atoms with Crippen LogP contribution in [0.5, 0.6) is 0 Å². The number of cyclic esters (lactones) is 1. The van der Waals surface area contributed by atoms with Crippen LogP contribution in [0.1, 0.15) is 143 Å². The molecule has 1 heterocycles. The van der Waals surface area contributed by atoms with Crippen LogP contribution in [0.25, 0.3) is 0 Å². The van der Waals surface area contributed by atoms with Gasteiger partial charge in [-0.05, 0) is 114 Å². The van der Waals surface area contributed by atoms with Crippen molar-refractivity contribution >= 4 is 28.6 Å². The first-order chi connectivity index (χ1) is 30.2. The van der Waals surface area contributed by atoms with Crippen LogP contribution >= 0.6 is 0 Å². The molecule has 0 saturated carbocycles. The minimum absolute atomic E-state index is 0.0358. The Morgan fingerprint density at radius 3 is 2.00 bits per heavy atom. The van der Waals surface area contributed by atoms with E-state index in [9.17, 15) is 14.7 Å². The fourth-order valence-electron chi connectivity index (χ4n) is 9.02. The fraction of sp³-hybridized carbons (Fsp3) is 0.843. The van der Waals surface area contributed by atoms with Crippen LogP contribution in [0.15, 0.2) is 36.0 Å². The molecule has 64 heavy (non-hydrogen) atoms. The lowest BCUT2D eigenvalue weighted by molar-refractivity contribution is -0.166. The number of hydrogen-bond donors (Lipinski definition) is 1. The molecule has 10 unspecified atom stereocenters. The average Bonchev–Trinajstić information content (AvgIpc) is 3.27. The van der Waals surface area contributed by atoms with Gasteiger partial charge < -0.3 is 42.4 Å². The van der Waals surface area contributed by atoms with Crippen LogP contribution in [-0.2, 0) is 46.9 Å². The maximum absolute atomic E-state index is 14.0. The van der Waals surface area contributed by atoms with E-state index < -0.39 is 58.2 Å². The minimum Gasteiger partial charge on any atom is -0.457 e. The van der Waals surface area contributed by atoms with Crippen LogP contribution in [0, 0.1) is 17.8 Å². The van der Waals surface area contributed by atoms with Gasteiger partial charge in [-0.2, -0.15) is 0 Å². The van der Waals surface area contributed by atoms with Crippen molar-refractivity contribution in [1.29, 1.82) is 0 Å². The number of rotatable bonds is 30. The molecular formula is C51H96O11Si2. The van der Waals surface area contributed by atoms with Crippen molar-refractivity contribution in [3.05, 3.63) is 36.0 Å². The first kappa shape index (κ1) is 60.3. The summed E-state index contributed by atoms with van der Waals surface area (Å²) in [6.07, 6.45) is 9.82. The van der Waals surface area contributed by atoms with E-state index in [1.165, 1.54) is 6.92 Å². The third kappa shape index (κ3) is 19.9. The van der Waals surface area contributed by atoms with Gasteiger partial charge in [-0.25, -0.2) is 0 Å². The summed E-state index contributed by atoms with van der Waals surface area (Å²) in [5, 5.41) is 11.9. The van der Waals surface area contributed by atoms with Gasteiger partial charge >= 0.3 is 11.9 Å². The molecule has 1 aliphatic rings. The molecule has 11 nitrogen and oxygen atoms in total. The van der Waals surface area contributed by atoms with Crippen molar-refractivity contribution < 1.29 is 52.0 Å². The van der Waals surface area contributed by atoms with Gasteiger partial charge in [-0.3, -0.25) is 9.59 Å². The summed E-state index contributed by atoms with van der Waals surface area (Å²) in [6.45, 7) is 35.8. The van der Waals surface area contributed by atoms with E-state index in [0.29, 0.717) is 58.9 Å². The zero-order valence-corrected chi connectivity index (χ0v) is 45.6. The molecule has 13 heteroatoms. The largest absolute Gasteiger partial charge is 0.457 e. The standard InChI is InChI=1S/C51H96O11Si2/c1-17-46(62-64(23-7,24-8)25-9)42(13)41(12)45(53)38-50(15,57-35-33-55-18-2)31-26-27-39(10)49-40(11)28-29-47(59-43(14)52)51(16,58-36-34-56-19-3)32-30-44(37-48(54)60-49)61-63(20-4,21-5)22-6/h26-29,31,40-42,44-47,49,53H,17-25,30,32-38H2,1-16H3/b29-28+,31-26+,39-27+. The molecular weight excluding hydrogens is 845 g/mol. The second kappa shape index (κ2) is 30.6. The Morgan fingerprint density at radius 2 is 1.47 bits per heavy atom. The molecule has 0 radical (unpaired) electrons. The zero-order valence-electron chi connectivity index (χ0n) is 43.6. The Balaban J connectivity index is 3.70. The van der Waals surface area contributed by atoms with Gasteiger partial charge in [-0.1, -0.05) is 93.5 Å². The zero-order chi connectivity index (χ0) is 48.6. The summed E-state index contributed by atoms with van der Waals surface area (Å²) in [5.74, 6) is -0.917. The fourth-order valence-corrected chi connectivity index (χ4v) is 14.9. The van der Waals surface area contributed by atoms with E-state index in [4.69, 9.17) is 37.3 Å². The van der Waals surface area contributed by atoms with E-state index in [2.05, 4.69) is 62.3 Å². The molecule has 10 atom stereocenters. The molecule has 0 aliphatic carbocycles. The molecule has 0 aromatic heterocycles. The molecule has 0 saturated heterocycles. The number of ether oxygens (including phenoxy) is 6. The van der Waals surface area contributed by atoms with Crippen molar-refractivity contribution in [3.8, 4) is 0 Å². The summed E-state index contributed by atoms with van der Waals surface area (Å²) >= 11 is 0. The van der Waals surface area contributed by atoms with Crippen molar-refractivity contribution in [2.75, 3.05) is 39.6 Å². The first-order valence-corrected chi connectivity index (χ1v) is 30.2.